The maximum Gasteiger partial charge on any atom is 0.334 e. The van der Waals surface area contributed by atoms with E-state index in [0.29, 0.717) is 5.57 Å². The predicted octanol–water partition coefficient (Wildman–Crippen LogP) is 1.73. The molecule has 4 nitrogen and oxygen atoms in total. The Kier molecular flexibility index (Phi) is 3.02. The van der Waals surface area contributed by atoms with Crippen LogP contribution in [0.3, 0.4) is 0 Å². The van der Waals surface area contributed by atoms with Crippen LogP contribution in [0.15, 0.2) is 23.8 Å². The van der Waals surface area contributed by atoms with Gasteiger partial charge in [0.1, 0.15) is 12.2 Å². The molecule has 0 amide bonds. The lowest BCUT2D eigenvalue weighted by molar-refractivity contribution is -0.140. The highest BCUT2D eigenvalue weighted by Gasteiger charge is 2.61. The summed E-state index contributed by atoms with van der Waals surface area (Å²) in [5, 5.41) is 9.35. The maximum atomic E-state index is 11.7. The number of fused-ring (bicyclic) bond motifs is 3. The number of hydrogen-bond acceptors (Lipinski definition) is 4. The van der Waals surface area contributed by atoms with Gasteiger partial charge in [-0.1, -0.05) is 12.7 Å². The van der Waals surface area contributed by atoms with Crippen LogP contribution in [0.2, 0.25) is 0 Å². The van der Waals surface area contributed by atoms with Crippen molar-refractivity contribution in [2.45, 2.75) is 50.4 Å². The third kappa shape index (κ3) is 2.13. The second kappa shape index (κ2) is 4.46. The molecule has 0 radical (unpaired) electrons. The van der Waals surface area contributed by atoms with Crippen LogP contribution in [0.1, 0.15) is 32.6 Å². The third-order valence-corrected chi connectivity index (χ3v) is 4.64. The van der Waals surface area contributed by atoms with Gasteiger partial charge >= 0.3 is 5.97 Å². The second-order valence-corrected chi connectivity index (χ2v) is 5.95. The zero-order valence-electron chi connectivity index (χ0n) is 11.2. The molecule has 0 spiro atoms. The standard InChI is InChI=1S/C15H20O4/c1-9-11-6-5-10(8-16)4-3-7-15(2)13(19-15)12(11)18-14(9)17/h4,11-13,16H,1,3,5-8H2,2H3. The quantitative estimate of drug-likeness (QED) is 0.339. The fraction of sp³-hybridized carbons (Fsp3) is 0.667. The maximum absolute atomic E-state index is 11.7. The van der Waals surface area contributed by atoms with Crippen molar-refractivity contribution in [2.75, 3.05) is 6.61 Å². The smallest absolute Gasteiger partial charge is 0.334 e. The largest absolute Gasteiger partial charge is 0.455 e. The molecule has 3 aliphatic rings. The molecule has 0 aromatic heterocycles. The van der Waals surface area contributed by atoms with Gasteiger partial charge < -0.3 is 14.6 Å². The van der Waals surface area contributed by atoms with Crippen LogP contribution < -0.4 is 0 Å². The SMILES string of the molecule is C=C1C(=O)OC2C1CCC(CO)=CCCC1(C)OC21. The minimum atomic E-state index is -0.290. The van der Waals surface area contributed by atoms with Gasteiger partial charge in [-0.15, -0.1) is 0 Å². The average molecular weight is 264 g/mol. The van der Waals surface area contributed by atoms with Crippen LogP contribution in [-0.4, -0.2) is 35.5 Å². The Morgan fingerprint density at radius 3 is 3.11 bits per heavy atom. The topological polar surface area (TPSA) is 59.1 Å². The van der Waals surface area contributed by atoms with E-state index in [0.717, 1.165) is 31.3 Å². The van der Waals surface area contributed by atoms with E-state index >= 15 is 0 Å². The number of epoxide rings is 1. The van der Waals surface area contributed by atoms with Crippen molar-refractivity contribution in [1.29, 1.82) is 0 Å². The first-order valence-electron chi connectivity index (χ1n) is 6.91. The van der Waals surface area contributed by atoms with E-state index in [1.54, 1.807) is 0 Å². The number of ether oxygens (including phenoxy) is 2. The van der Waals surface area contributed by atoms with Gasteiger partial charge in [-0.2, -0.15) is 0 Å². The summed E-state index contributed by atoms with van der Waals surface area (Å²) in [5.74, 6) is -0.269. The van der Waals surface area contributed by atoms with Crippen LogP contribution in [0.25, 0.3) is 0 Å². The number of aliphatic hydroxyl groups excluding tert-OH is 1. The van der Waals surface area contributed by atoms with Gasteiger partial charge in [0, 0.05) is 11.5 Å². The monoisotopic (exact) mass is 264 g/mol. The molecule has 2 fully saturated rings. The molecule has 4 heteroatoms. The summed E-state index contributed by atoms with van der Waals surface area (Å²) < 4.78 is 11.3. The number of aliphatic hydroxyl groups is 1. The summed E-state index contributed by atoms with van der Waals surface area (Å²) in [6.45, 7) is 6.01. The molecule has 19 heavy (non-hydrogen) atoms. The summed E-state index contributed by atoms with van der Waals surface area (Å²) >= 11 is 0. The van der Waals surface area contributed by atoms with Crippen molar-refractivity contribution >= 4 is 5.97 Å². The number of carbonyl (C=O) groups is 1. The van der Waals surface area contributed by atoms with Gasteiger partial charge in [0.05, 0.1) is 12.2 Å². The summed E-state index contributed by atoms with van der Waals surface area (Å²) in [7, 11) is 0. The molecule has 1 N–H and O–H groups in total. The van der Waals surface area contributed by atoms with Gasteiger partial charge in [0.25, 0.3) is 0 Å². The van der Waals surface area contributed by atoms with E-state index in [-0.39, 0.29) is 36.3 Å². The molecule has 104 valence electrons. The Morgan fingerprint density at radius 1 is 1.58 bits per heavy atom. The molecule has 4 atom stereocenters. The van der Waals surface area contributed by atoms with Gasteiger partial charge in [0.2, 0.25) is 0 Å². The van der Waals surface area contributed by atoms with Crippen molar-refractivity contribution < 1.29 is 19.4 Å². The Bertz CT molecular complexity index is 453. The molecule has 1 aliphatic carbocycles. The highest BCUT2D eigenvalue weighted by atomic mass is 16.6. The number of carbonyl (C=O) groups excluding carboxylic acids is 1. The molecule has 0 bridgehead atoms. The lowest BCUT2D eigenvalue weighted by Crippen LogP contribution is -2.29. The summed E-state index contributed by atoms with van der Waals surface area (Å²) in [5.41, 5.74) is 1.40. The van der Waals surface area contributed by atoms with E-state index in [1.807, 2.05) is 0 Å². The molecule has 2 heterocycles. The van der Waals surface area contributed by atoms with E-state index < -0.39 is 0 Å². The Hall–Kier alpha value is -1.13. The molecular formula is C15H20O4. The normalized spacial score (nSPS) is 42.0. The first kappa shape index (κ1) is 12.9. The van der Waals surface area contributed by atoms with Crippen molar-refractivity contribution in [3.8, 4) is 0 Å². The highest BCUT2D eigenvalue weighted by Crippen LogP contribution is 2.49. The van der Waals surface area contributed by atoms with Crippen molar-refractivity contribution in [1.82, 2.24) is 0 Å². The molecule has 2 saturated heterocycles. The van der Waals surface area contributed by atoms with Gasteiger partial charge in [-0.05, 0) is 38.2 Å². The number of rotatable bonds is 1. The van der Waals surface area contributed by atoms with Crippen molar-refractivity contribution in [2.24, 2.45) is 5.92 Å². The van der Waals surface area contributed by atoms with Gasteiger partial charge in [-0.25, -0.2) is 4.79 Å². The average Bonchev–Trinajstić information content (AvgIpc) is 2.97. The predicted molar refractivity (Wildman–Crippen MR) is 69.4 cm³/mol. The van der Waals surface area contributed by atoms with E-state index in [1.165, 1.54) is 0 Å². The molecule has 0 saturated carbocycles. The molecule has 4 unspecified atom stereocenters. The highest BCUT2D eigenvalue weighted by molar-refractivity contribution is 5.91. The van der Waals surface area contributed by atoms with E-state index in [2.05, 4.69) is 19.6 Å². The Balaban J connectivity index is 1.86. The van der Waals surface area contributed by atoms with E-state index in [9.17, 15) is 9.90 Å². The summed E-state index contributed by atoms with van der Waals surface area (Å²) in [4.78, 5) is 11.7. The fourth-order valence-electron chi connectivity index (χ4n) is 3.26. The zero-order chi connectivity index (χ0) is 13.6. The number of esters is 1. The van der Waals surface area contributed by atoms with Gasteiger partial charge in [0.15, 0.2) is 0 Å². The molecular weight excluding hydrogens is 244 g/mol. The third-order valence-electron chi connectivity index (χ3n) is 4.64. The van der Waals surface area contributed by atoms with Gasteiger partial charge in [-0.3, -0.25) is 0 Å². The molecule has 2 aliphatic heterocycles. The molecule has 3 rings (SSSR count). The number of allylic oxidation sites excluding steroid dienone is 1. The summed E-state index contributed by atoms with van der Waals surface area (Å²) in [6.07, 6.45) is 5.29. The lowest BCUT2D eigenvalue weighted by Gasteiger charge is -2.19. The Labute approximate surface area is 113 Å². The van der Waals surface area contributed by atoms with Crippen LogP contribution in [0.5, 0.6) is 0 Å². The first-order chi connectivity index (χ1) is 9.05. The van der Waals surface area contributed by atoms with Crippen LogP contribution in [-0.2, 0) is 14.3 Å². The van der Waals surface area contributed by atoms with Crippen LogP contribution in [0, 0.1) is 5.92 Å². The van der Waals surface area contributed by atoms with Crippen LogP contribution in [0.4, 0.5) is 0 Å². The minimum absolute atomic E-state index is 0.00442. The van der Waals surface area contributed by atoms with Crippen molar-refractivity contribution in [3.05, 3.63) is 23.8 Å². The molecule has 0 aromatic rings. The van der Waals surface area contributed by atoms with Crippen LogP contribution >= 0.6 is 0 Å². The summed E-state index contributed by atoms with van der Waals surface area (Å²) in [6, 6.07) is 0. The second-order valence-electron chi connectivity index (χ2n) is 5.95. The molecule has 0 aromatic carbocycles. The van der Waals surface area contributed by atoms with Crippen molar-refractivity contribution in [3.63, 3.8) is 0 Å². The Morgan fingerprint density at radius 2 is 2.37 bits per heavy atom. The zero-order valence-corrected chi connectivity index (χ0v) is 11.2. The lowest BCUT2D eigenvalue weighted by atomic mass is 9.84. The number of hydrogen-bond donors (Lipinski definition) is 1. The minimum Gasteiger partial charge on any atom is -0.455 e. The fourth-order valence-corrected chi connectivity index (χ4v) is 3.26. The first-order valence-corrected chi connectivity index (χ1v) is 6.91. The van der Waals surface area contributed by atoms with E-state index in [4.69, 9.17) is 9.47 Å².